The number of rotatable bonds is 6. The number of anilines is 1. The Balaban J connectivity index is 2.51. The molecule has 102 valence electrons. The molecule has 0 saturated heterocycles. The Bertz CT molecular complexity index is 385. The highest BCUT2D eigenvalue weighted by Crippen LogP contribution is 2.20. The zero-order valence-corrected chi connectivity index (χ0v) is 10.1. The van der Waals surface area contributed by atoms with Crippen molar-refractivity contribution in [3.05, 3.63) is 23.8 Å². The number of phenolic OH excluding ortho intramolecular Hbond substituents is 1. The number of aliphatic hydroxyl groups is 4. The van der Waals surface area contributed by atoms with E-state index in [9.17, 15) is 15.3 Å². The van der Waals surface area contributed by atoms with E-state index < -0.39 is 24.9 Å². The van der Waals surface area contributed by atoms with E-state index in [2.05, 4.69) is 5.32 Å². The smallest absolute Gasteiger partial charge is 0.120 e. The molecule has 1 rings (SSSR count). The van der Waals surface area contributed by atoms with E-state index in [-0.39, 0.29) is 12.3 Å². The normalized spacial score (nSPS) is 16.1. The summed E-state index contributed by atoms with van der Waals surface area (Å²) >= 11 is 0. The van der Waals surface area contributed by atoms with Crippen molar-refractivity contribution < 1.29 is 25.5 Å². The van der Waals surface area contributed by atoms with Gasteiger partial charge in [0, 0.05) is 18.3 Å². The van der Waals surface area contributed by atoms with Crippen molar-refractivity contribution in [2.45, 2.75) is 25.2 Å². The summed E-state index contributed by atoms with van der Waals surface area (Å²) in [5.74, 6) is 0.130. The van der Waals surface area contributed by atoms with Gasteiger partial charge in [-0.2, -0.15) is 0 Å². The first-order valence-corrected chi connectivity index (χ1v) is 5.64. The average molecular weight is 257 g/mol. The van der Waals surface area contributed by atoms with Crippen LogP contribution < -0.4 is 5.32 Å². The maximum absolute atomic E-state index is 9.56. The number of benzene rings is 1. The number of aliphatic hydroxyl groups excluding tert-OH is 4. The molecule has 18 heavy (non-hydrogen) atoms. The highest BCUT2D eigenvalue weighted by Gasteiger charge is 2.23. The fourth-order valence-corrected chi connectivity index (χ4v) is 1.43. The van der Waals surface area contributed by atoms with Gasteiger partial charge in [-0.1, -0.05) is 6.07 Å². The standard InChI is InChI=1S/C12H19NO5/c1-7-2-3-8(4-9(7)15)13-5-10(16)12(18)11(17)6-14/h2-4,10-18H,5-6H2,1H3/t10-,11+,12-/m0/s1. The van der Waals surface area contributed by atoms with Gasteiger partial charge in [0.25, 0.3) is 0 Å². The summed E-state index contributed by atoms with van der Waals surface area (Å²) in [7, 11) is 0. The van der Waals surface area contributed by atoms with E-state index >= 15 is 0 Å². The summed E-state index contributed by atoms with van der Waals surface area (Å²) in [6, 6.07) is 4.93. The van der Waals surface area contributed by atoms with Gasteiger partial charge in [0.1, 0.15) is 18.0 Å². The minimum atomic E-state index is -1.43. The second-order valence-electron chi connectivity index (χ2n) is 4.19. The predicted octanol–water partition coefficient (Wildman–Crippen LogP) is -0.812. The Morgan fingerprint density at radius 3 is 2.39 bits per heavy atom. The number of phenols is 1. The van der Waals surface area contributed by atoms with Crippen LogP contribution in [0, 0.1) is 6.92 Å². The van der Waals surface area contributed by atoms with Crippen molar-refractivity contribution in [3.8, 4) is 5.75 Å². The van der Waals surface area contributed by atoms with Crippen LogP contribution in [-0.4, -0.2) is 57.0 Å². The fraction of sp³-hybridized carbons (Fsp3) is 0.500. The first-order chi connectivity index (χ1) is 8.45. The quantitative estimate of drug-likeness (QED) is 0.397. The minimum absolute atomic E-state index is 0.0132. The van der Waals surface area contributed by atoms with Crippen LogP contribution in [0.25, 0.3) is 0 Å². The van der Waals surface area contributed by atoms with Gasteiger partial charge in [0.05, 0.1) is 12.7 Å². The van der Waals surface area contributed by atoms with E-state index in [1.165, 1.54) is 6.07 Å². The van der Waals surface area contributed by atoms with Crippen LogP contribution in [0.5, 0.6) is 5.75 Å². The van der Waals surface area contributed by atoms with Crippen LogP contribution >= 0.6 is 0 Å². The summed E-state index contributed by atoms with van der Waals surface area (Å²) in [4.78, 5) is 0. The molecule has 1 aromatic carbocycles. The highest BCUT2D eigenvalue weighted by atomic mass is 16.4. The molecule has 0 aliphatic carbocycles. The number of nitrogens with one attached hydrogen (secondary N) is 1. The SMILES string of the molecule is Cc1ccc(NC[C@H](O)[C@H](O)[C@H](O)CO)cc1O. The molecule has 0 spiro atoms. The monoisotopic (exact) mass is 257 g/mol. The maximum atomic E-state index is 9.56. The zero-order valence-electron chi connectivity index (χ0n) is 10.1. The van der Waals surface area contributed by atoms with E-state index in [1.807, 2.05) is 0 Å². The predicted molar refractivity (Wildman–Crippen MR) is 66.4 cm³/mol. The van der Waals surface area contributed by atoms with Crippen molar-refractivity contribution in [2.24, 2.45) is 0 Å². The van der Waals surface area contributed by atoms with Crippen LogP contribution in [0.4, 0.5) is 5.69 Å². The third-order valence-corrected chi connectivity index (χ3v) is 2.70. The van der Waals surface area contributed by atoms with Gasteiger partial charge in [-0.05, 0) is 18.6 Å². The summed E-state index contributed by atoms with van der Waals surface area (Å²) in [5.41, 5.74) is 1.32. The van der Waals surface area contributed by atoms with Gasteiger partial charge in [-0.25, -0.2) is 0 Å². The van der Waals surface area contributed by atoms with Crippen molar-refractivity contribution in [1.82, 2.24) is 0 Å². The molecule has 0 aromatic heterocycles. The van der Waals surface area contributed by atoms with Crippen LogP contribution in [0.1, 0.15) is 5.56 Å². The molecule has 1 aromatic rings. The summed E-state index contributed by atoms with van der Waals surface area (Å²) < 4.78 is 0. The zero-order chi connectivity index (χ0) is 13.7. The molecule has 6 nitrogen and oxygen atoms in total. The lowest BCUT2D eigenvalue weighted by molar-refractivity contribution is -0.0715. The molecule has 0 saturated carbocycles. The number of hydrogen-bond donors (Lipinski definition) is 6. The van der Waals surface area contributed by atoms with Crippen LogP contribution in [0.3, 0.4) is 0 Å². The Morgan fingerprint density at radius 2 is 1.83 bits per heavy atom. The summed E-state index contributed by atoms with van der Waals surface area (Å²) in [6.45, 7) is 1.12. The molecule has 0 aliphatic heterocycles. The molecule has 6 heteroatoms. The highest BCUT2D eigenvalue weighted by molar-refractivity contribution is 5.50. The molecule has 0 aliphatic rings. The maximum Gasteiger partial charge on any atom is 0.120 e. The Kier molecular flexibility index (Phi) is 5.36. The van der Waals surface area contributed by atoms with Gasteiger partial charge in [-0.15, -0.1) is 0 Å². The van der Waals surface area contributed by atoms with Crippen LogP contribution in [0.15, 0.2) is 18.2 Å². The first kappa shape index (κ1) is 14.7. The molecule has 0 unspecified atom stereocenters. The van der Waals surface area contributed by atoms with Crippen molar-refractivity contribution in [2.75, 3.05) is 18.5 Å². The largest absolute Gasteiger partial charge is 0.508 e. The molecule has 3 atom stereocenters. The third kappa shape index (κ3) is 3.85. The van der Waals surface area contributed by atoms with Gasteiger partial charge in [0.15, 0.2) is 0 Å². The van der Waals surface area contributed by atoms with E-state index in [0.717, 1.165) is 5.56 Å². The van der Waals surface area contributed by atoms with Gasteiger partial charge in [0.2, 0.25) is 0 Å². The lowest BCUT2D eigenvalue weighted by atomic mass is 10.1. The molecular formula is C12H19NO5. The van der Waals surface area contributed by atoms with Gasteiger partial charge in [-0.3, -0.25) is 0 Å². The number of aryl methyl sites for hydroxylation is 1. The fourth-order valence-electron chi connectivity index (χ4n) is 1.43. The lowest BCUT2D eigenvalue weighted by Crippen LogP contribution is -2.42. The lowest BCUT2D eigenvalue weighted by Gasteiger charge is -2.22. The van der Waals surface area contributed by atoms with E-state index in [4.69, 9.17) is 10.2 Å². The second-order valence-corrected chi connectivity index (χ2v) is 4.19. The van der Waals surface area contributed by atoms with Crippen molar-refractivity contribution in [1.29, 1.82) is 0 Å². The molecule has 6 N–H and O–H groups in total. The van der Waals surface area contributed by atoms with Crippen LogP contribution in [0.2, 0.25) is 0 Å². The average Bonchev–Trinajstić information content (AvgIpc) is 2.37. The van der Waals surface area contributed by atoms with Gasteiger partial charge < -0.3 is 30.8 Å². The third-order valence-electron chi connectivity index (χ3n) is 2.70. The molecule has 0 radical (unpaired) electrons. The van der Waals surface area contributed by atoms with Crippen LogP contribution in [-0.2, 0) is 0 Å². The van der Waals surface area contributed by atoms with E-state index in [0.29, 0.717) is 5.69 Å². The minimum Gasteiger partial charge on any atom is -0.508 e. The van der Waals surface area contributed by atoms with Crippen molar-refractivity contribution >= 4 is 5.69 Å². The Morgan fingerprint density at radius 1 is 1.17 bits per heavy atom. The number of hydrogen-bond acceptors (Lipinski definition) is 6. The van der Waals surface area contributed by atoms with Gasteiger partial charge >= 0.3 is 0 Å². The number of aromatic hydroxyl groups is 1. The molecule has 0 fully saturated rings. The Labute approximate surface area is 105 Å². The molecule has 0 heterocycles. The summed E-state index contributed by atoms with van der Waals surface area (Å²) in [5, 5.41) is 49.0. The second kappa shape index (κ2) is 6.55. The molecular weight excluding hydrogens is 238 g/mol. The van der Waals surface area contributed by atoms with Crippen molar-refractivity contribution in [3.63, 3.8) is 0 Å². The Hall–Kier alpha value is -1.34. The first-order valence-electron chi connectivity index (χ1n) is 5.64. The van der Waals surface area contributed by atoms with E-state index in [1.54, 1.807) is 19.1 Å². The molecule has 0 amide bonds. The summed E-state index contributed by atoms with van der Waals surface area (Å²) in [6.07, 6.45) is -4.04. The molecule has 0 bridgehead atoms. The topological polar surface area (TPSA) is 113 Å².